The molecule has 1 saturated heterocycles. The van der Waals surface area contributed by atoms with Crippen LogP contribution in [0.5, 0.6) is 0 Å². The van der Waals surface area contributed by atoms with E-state index in [1.165, 1.54) is 0 Å². The first-order chi connectivity index (χ1) is 3.75. The minimum absolute atomic E-state index is 0.729. The summed E-state index contributed by atoms with van der Waals surface area (Å²) in [7, 11) is 0. The standard InChI is InChI=1S/C8H18Ge/c1-7(2)8(3,4)9(7,5)6/h1-6H3. The molecule has 0 aromatic carbocycles. The summed E-state index contributed by atoms with van der Waals surface area (Å²) in [6.07, 6.45) is 0. The Kier molecular flexibility index (Phi) is 1.20. The van der Waals surface area contributed by atoms with E-state index in [9.17, 15) is 0 Å². The molecule has 0 unspecified atom stereocenters. The summed E-state index contributed by atoms with van der Waals surface area (Å²) in [6.45, 7) is 9.75. The van der Waals surface area contributed by atoms with Crippen molar-refractivity contribution in [3.8, 4) is 0 Å². The van der Waals surface area contributed by atoms with Gasteiger partial charge in [0.1, 0.15) is 0 Å². The van der Waals surface area contributed by atoms with Crippen molar-refractivity contribution in [2.24, 2.45) is 0 Å². The first-order valence-corrected chi connectivity index (χ1v) is 10.0. The van der Waals surface area contributed by atoms with Gasteiger partial charge in [0.2, 0.25) is 0 Å². The van der Waals surface area contributed by atoms with Gasteiger partial charge < -0.3 is 0 Å². The van der Waals surface area contributed by atoms with Crippen LogP contribution in [0.15, 0.2) is 0 Å². The molecule has 0 spiro atoms. The Hall–Kier alpha value is 0.543. The first kappa shape index (κ1) is 7.65. The maximum absolute atomic E-state index is 2.54. The van der Waals surface area contributed by atoms with Crippen molar-refractivity contribution in [2.75, 3.05) is 0 Å². The second-order valence-electron chi connectivity index (χ2n) is 4.88. The normalized spacial score (nSPS) is 34.0. The number of hydrogen-bond donors (Lipinski definition) is 0. The van der Waals surface area contributed by atoms with Crippen LogP contribution >= 0.6 is 0 Å². The molecule has 1 aliphatic heterocycles. The molecule has 0 aliphatic carbocycles. The van der Waals surface area contributed by atoms with E-state index in [1.807, 2.05) is 0 Å². The zero-order chi connectivity index (χ0) is 7.50. The summed E-state index contributed by atoms with van der Waals surface area (Å²) in [5.74, 6) is 5.08. The van der Waals surface area contributed by atoms with Gasteiger partial charge in [0.15, 0.2) is 0 Å². The predicted octanol–water partition coefficient (Wildman–Crippen LogP) is 3.27. The van der Waals surface area contributed by atoms with E-state index in [0.29, 0.717) is 0 Å². The summed E-state index contributed by atoms with van der Waals surface area (Å²) in [5, 5.41) is 0. The number of rotatable bonds is 0. The predicted molar refractivity (Wildman–Crippen MR) is 45.6 cm³/mol. The molecule has 54 valence electrons. The average molecular weight is 187 g/mol. The van der Waals surface area contributed by atoms with Crippen LogP contribution < -0.4 is 0 Å². The van der Waals surface area contributed by atoms with Crippen LogP contribution in [-0.2, 0) is 0 Å². The molecule has 1 rings (SSSR count). The van der Waals surface area contributed by atoms with E-state index < -0.39 is 13.3 Å². The van der Waals surface area contributed by atoms with E-state index in [2.05, 4.69) is 39.2 Å². The monoisotopic (exact) mass is 188 g/mol. The van der Waals surface area contributed by atoms with Crippen LogP contribution in [0.4, 0.5) is 0 Å². The summed E-state index contributed by atoms with van der Waals surface area (Å²) in [4.78, 5) is 0. The first-order valence-electron chi connectivity index (χ1n) is 3.75. The second-order valence-corrected chi connectivity index (χ2v) is 16.9. The molecule has 0 N–H and O–H groups in total. The molecule has 0 amide bonds. The fourth-order valence-corrected chi connectivity index (χ4v) is 12.5. The third-order valence-electron chi connectivity index (χ3n) is 4.62. The average Bonchev–Trinajstić information content (AvgIpc) is 1.84. The van der Waals surface area contributed by atoms with Crippen LogP contribution in [0.1, 0.15) is 27.7 Å². The van der Waals surface area contributed by atoms with E-state index in [-0.39, 0.29) is 0 Å². The summed E-state index contributed by atoms with van der Waals surface area (Å²) in [6, 6.07) is 0. The van der Waals surface area contributed by atoms with Crippen molar-refractivity contribution in [1.82, 2.24) is 0 Å². The third kappa shape index (κ3) is 0.561. The fraction of sp³-hybridized carbons (Fsp3) is 1.00. The van der Waals surface area contributed by atoms with E-state index >= 15 is 0 Å². The van der Waals surface area contributed by atoms with Gasteiger partial charge in [0, 0.05) is 0 Å². The Labute approximate surface area is 61.4 Å². The molecule has 0 saturated carbocycles. The van der Waals surface area contributed by atoms with Crippen molar-refractivity contribution in [3.63, 3.8) is 0 Å². The molecule has 0 aromatic heterocycles. The molecule has 1 aliphatic rings. The van der Waals surface area contributed by atoms with E-state index in [0.717, 1.165) is 8.49 Å². The van der Waals surface area contributed by atoms with Gasteiger partial charge in [0.25, 0.3) is 0 Å². The zero-order valence-electron chi connectivity index (χ0n) is 7.50. The summed E-state index contributed by atoms with van der Waals surface area (Å²) >= 11 is -1.29. The van der Waals surface area contributed by atoms with Gasteiger partial charge in [-0.25, -0.2) is 0 Å². The topological polar surface area (TPSA) is 0 Å². The molecule has 1 heterocycles. The van der Waals surface area contributed by atoms with Gasteiger partial charge in [-0.05, 0) is 0 Å². The Morgan fingerprint density at radius 2 is 0.889 bits per heavy atom. The van der Waals surface area contributed by atoms with Crippen LogP contribution in [0.25, 0.3) is 0 Å². The van der Waals surface area contributed by atoms with Gasteiger partial charge in [-0.3, -0.25) is 0 Å². The summed E-state index contributed by atoms with van der Waals surface area (Å²) in [5.41, 5.74) is 0. The van der Waals surface area contributed by atoms with Gasteiger partial charge in [-0.15, -0.1) is 0 Å². The molecule has 0 atom stereocenters. The maximum atomic E-state index is 2.54. The van der Waals surface area contributed by atoms with Crippen LogP contribution in [0.3, 0.4) is 0 Å². The van der Waals surface area contributed by atoms with Crippen molar-refractivity contribution in [1.29, 1.82) is 0 Å². The number of hydrogen-bond acceptors (Lipinski definition) is 0. The van der Waals surface area contributed by atoms with Crippen molar-refractivity contribution < 1.29 is 0 Å². The van der Waals surface area contributed by atoms with Gasteiger partial charge >= 0.3 is 61.0 Å². The van der Waals surface area contributed by atoms with E-state index in [4.69, 9.17) is 0 Å². The molecular formula is C8H18Ge. The Bertz CT molecular complexity index is 102. The minimum atomic E-state index is -1.29. The van der Waals surface area contributed by atoms with Crippen molar-refractivity contribution >= 4 is 13.3 Å². The molecule has 9 heavy (non-hydrogen) atoms. The van der Waals surface area contributed by atoms with Crippen LogP contribution in [-0.4, -0.2) is 13.3 Å². The van der Waals surface area contributed by atoms with Crippen LogP contribution in [0.2, 0.25) is 20.0 Å². The summed E-state index contributed by atoms with van der Waals surface area (Å²) < 4.78 is 1.46. The molecule has 1 fully saturated rings. The Morgan fingerprint density at radius 3 is 0.889 bits per heavy atom. The Morgan fingerprint density at radius 1 is 0.778 bits per heavy atom. The molecular weight excluding hydrogens is 169 g/mol. The quantitative estimate of drug-likeness (QED) is 0.510. The second kappa shape index (κ2) is 1.41. The van der Waals surface area contributed by atoms with Gasteiger partial charge in [-0.1, -0.05) is 0 Å². The van der Waals surface area contributed by atoms with Gasteiger partial charge in [0.05, 0.1) is 0 Å². The Balaban J connectivity index is 2.91. The third-order valence-corrected chi connectivity index (χ3v) is 19.8. The van der Waals surface area contributed by atoms with E-state index in [1.54, 1.807) is 0 Å². The molecule has 0 aromatic rings. The molecule has 0 nitrogen and oxygen atoms in total. The molecule has 0 bridgehead atoms. The fourth-order valence-electron chi connectivity index (χ4n) is 1.88. The van der Waals surface area contributed by atoms with Gasteiger partial charge in [-0.2, -0.15) is 0 Å². The van der Waals surface area contributed by atoms with Crippen molar-refractivity contribution in [3.05, 3.63) is 0 Å². The zero-order valence-corrected chi connectivity index (χ0v) is 9.60. The SMILES string of the molecule is C[C]1(C)[C](C)(C)[Ge]1([CH3])[CH3]. The van der Waals surface area contributed by atoms with Crippen LogP contribution in [0, 0.1) is 0 Å². The van der Waals surface area contributed by atoms with Crippen molar-refractivity contribution in [2.45, 2.75) is 47.7 Å². The molecule has 0 radical (unpaired) electrons. The molecule has 1 heteroatoms.